The summed E-state index contributed by atoms with van der Waals surface area (Å²) in [6.07, 6.45) is 0. The summed E-state index contributed by atoms with van der Waals surface area (Å²) in [6, 6.07) is 1.78. The van der Waals surface area contributed by atoms with Crippen LogP contribution in [0.4, 0.5) is 0 Å². The van der Waals surface area contributed by atoms with Gasteiger partial charge in [0.15, 0.2) is 0 Å². The molecule has 0 aliphatic carbocycles. The molecule has 1 nitrogen and oxygen atoms in total. The molecular formula is C5H4BrClOS. The van der Waals surface area contributed by atoms with Gasteiger partial charge in [-0.1, -0.05) is 11.6 Å². The second-order valence-electron chi connectivity index (χ2n) is 1.48. The Morgan fingerprint density at radius 2 is 2.44 bits per heavy atom. The van der Waals surface area contributed by atoms with Crippen molar-refractivity contribution in [3.05, 3.63) is 19.8 Å². The van der Waals surface area contributed by atoms with Gasteiger partial charge in [0.2, 0.25) is 0 Å². The minimum absolute atomic E-state index is 0.0535. The molecule has 0 atom stereocenters. The lowest BCUT2D eigenvalue weighted by Gasteiger charge is -1.85. The van der Waals surface area contributed by atoms with Crippen LogP contribution in [0.1, 0.15) is 4.88 Å². The summed E-state index contributed by atoms with van der Waals surface area (Å²) in [4.78, 5) is 0.875. The van der Waals surface area contributed by atoms with E-state index in [1.165, 1.54) is 11.3 Å². The van der Waals surface area contributed by atoms with Crippen LogP contribution in [0.3, 0.4) is 0 Å². The molecule has 1 aromatic heterocycles. The van der Waals surface area contributed by atoms with E-state index in [1.54, 1.807) is 6.07 Å². The molecule has 0 unspecified atom stereocenters. The lowest BCUT2D eigenvalue weighted by molar-refractivity contribution is 0.285. The zero-order chi connectivity index (χ0) is 6.85. The summed E-state index contributed by atoms with van der Waals surface area (Å²) >= 11 is 10.2. The van der Waals surface area contributed by atoms with E-state index in [0.29, 0.717) is 4.34 Å². The molecule has 0 aliphatic heterocycles. The van der Waals surface area contributed by atoms with E-state index < -0.39 is 0 Å². The van der Waals surface area contributed by atoms with Gasteiger partial charge in [0.05, 0.1) is 10.9 Å². The summed E-state index contributed by atoms with van der Waals surface area (Å²) in [6.45, 7) is 0.0535. The van der Waals surface area contributed by atoms with Gasteiger partial charge in [-0.25, -0.2) is 0 Å². The maximum atomic E-state index is 8.65. The van der Waals surface area contributed by atoms with Crippen LogP contribution < -0.4 is 0 Å². The first-order valence-electron chi connectivity index (χ1n) is 2.28. The number of aliphatic hydroxyl groups is 1. The zero-order valence-corrected chi connectivity index (χ0v) is 7.55. The molecule has 0 saturated heterocycles. The van der Waals surface area contributed by atoms with Crippen molar-refractivity contribution < 1.29 is 5.11 Å². The first kappa shape index (κ1) is 7.54. The molecule has 0 spiro atoms. The first-order valence-corrected chi connectivity index (χ1v) is 4.27. The predicted molar refractivity (Wildman–Crippen MR) is 43.0 cm³/mol. The van der Waals surface area contributed by atoms with Gasteiger partial charge < -0.3 is 5.11 Å². The van der Waals surface area contributed by atoms with Crippen LogP contribution in [-0.4, -0.2) is 5.11 Å². The SMILES string of the molecule is OCc1sc(Cl)cc1Br. The highest BCUT2D eigenvalue weighted by molar-refractivity contribution is 9.10. The molecular weight excluding hydrogens is 223 g/mol. The van der Waals surface area contributed by atoms with Gasteiger partial charge in [0, 0.05) is 9.35 Å². The fourth-order valence-electron chi connectivity index (χ4n) is 0.484. The van der Waals surface area contributed by atoms with Crippen LogP contribution in [0, 0.1) is 0 Å². The van der Waals surface area contributed by atoms with Crippen molar-refractivity contribution in [2.45, 2.75) is 6.61 Å². The van der Waals surface area contributed by atoms with Crippen molar-refractivity contribution in [2.24, 2.45) is 0 Å². The standard InChI is InChI=1S/C5H4BrClOS/c6-3-1-5(7)9-4(3)2-8/h1,8H,2H2. The Hall–Kier alpha value is 0.430. The van der Waals surface area contributed by atoms with E-state index in [2.05, 4.69) is 15.9 Å². The maximum Gasteiger partial charge on any atom is 0.0943 e. The quantitative estimate of drug-likeness (QED) is 0.782. The Morgan fingerprint density at radius 1 is 1.78 bits per heavy atom. The Balaban J connectivity index is 3.01. The molecule has 0 bridgehead atoms. The number of hydrogen-bond donors (Lipinski definition) is 1. The lowest BCUT2D eigenvalue weighted by Crippen LogP contribution is -1.73. The zero-order valence-electron chi connectivity index (χ0n) is 4.40. The summed E-state index contributed by atoms with van der Waals surface area (Å²) in [5.41, 5.74) is 0. The van der Waals surface area contributed by atoms with Crippen LogP contribution in [0.2, 0.25) is 4.34 Å². The Morgan fingerprint density at radius 3 is 2.67 bits per heavy atom. The fourth-order valence-corrected chi connectivity index (χ4v) is 2.39. The van der Waals surface area contributed by atoms with E-state index in [0.717, 1.165) is 9.35 Å². The fraction of sp³-hybridized carbons (Fsp3) is 0.200. The van der Waals surface area contributed by atoms with Gasteiger partial charge in [-0.15, -0.1) is 11.3 Å². The monoisotopic (exact) mass is 226 g/mol. The lowest BCUT2D eigenvalue weighted by atomic mass is 10.5. The minimum atomic E-state index is 0.0535. The molecule has 0 radical (unpaired) electrons. The van der Waals surface area contributed by atoms with Crippen LogP contribution in [0.5, 0.6) is 0 Å². The minimum Gasteiger partial charge on any atom is -0.391 e. The Kier molecular flexibility index (Phi) is 2.52. The molecule has 1 rings (SSSR count). The molecule has 4 heteroatoms. The van der Waals surface area contributed by atoms with Crippen molar-refractivity contribution in [1.82, 2.24) is 0 Å². The number of rotatable bonds is 1. The molecule has 0 aromatic carbocycles. The van der Waals surface area contributed by atoms with E-state index in [-0.39, 0.29) is 6.61 Å². The van der Waals surface area contributed by atoms with Gasteiger partial charge in [0.1, 0.15) is 0 Å². The first-order chi connectivity index (χ1) is 4.24. The molecule has 9 heavy (non-hydrogen) atoms. The summed E-state index contributed by atoms with van der Waals surface area (Å²) < 4.78 is 1.59. The highest BCUT2D eigenvalue weighted by Crippen LogP contribution is 2.30. The van der Waals surface area contributed by atoms with Gasteiger partial charge in [0.25, 0.3) is 0 Å². The second kappa shape index (κ2) is 3.01. The van der Waals surface area contributed by atoms with E-state index in [9.17, 15) is 0 Å². The van der Waals surface area contributed by atoms with Crippen molar-refractivity contribution >= 4 is 38.9 Å². The topological polar surface area (TPSA) is 20.2 Å². The highest BCUT2D eigenvalue weighted by Gasteiger charge is 2.02. The molecule has 1 heterocycles. The normalized spacial score (nSPS) is 10.1. The summed E-state index contributed by atoms with van der Waals surface area (Å²) in [5.74, 6) is 0. The average Bonchev–Trinajstić information content (AvgIpc) is 2.10. The maximum absolute atomic E-state index is 8.65. The van der Waals surface area contributed by atoms with Crippen molar-refractivity contribution in [3.63, 3.8) is 0 Å². The smallest absolute Gasteiger partial charge is 0.0943 e. The van der Waals surface area contributed by atoms with Crippen LogP contribution >= 0.6 is 38.9 Å². The molecule has 0 fully saturated rings. The van der Waals surface area contributed by atoms with Crippen LogP contribution in [0.25, 0.3) is 0 Å². The molecule has 1 N–H and O–H groups in total. The Labute approximate surface area is 70.4 Å². The van der Waals surface area contributed by atoms with Crippen molar-refractivity contribution in [1.29, 1.82) is 0 Å². The third-order valence-corrected chi connectivity index (χ3v) is 3.09. The molecule has 0 aliphatic rings. The van der Waals surface area contributed by atoms with Crippen molar-refractivity contribution in [2.75, 3.05) is 0 Å². The van der Waals surface area contributed by atoms with Crippen LogP contribution in [0.15, 0.2) is 10.5 Å². The molecule has 1 aromatic rings. The van der Waals surface area contributed by atoms with Gasteiger partial charge >= 0.3 is 0 Å². The third-order valence-electron chi connectivity index (χ3n) is 0.871. The average molecular weight is 228 g/mol. The van der Waals surface area contributed by atoms with Gasteiger partial charge in [-0.3, -0.25) is 0 Å². The molecule has 0 saturated carbocycles. The van der Waals surface area contributed by atoms with E-state index >= 15 is 0 Å². The number of aliphatic hydroxyl groups excluding tert-OH is 1. The molecule has 50 valence electrons. The predicted octanol–water partition coefficient (Wildman–Crippen LogP) is 2.66. The van der Waals surface area contributed by atoms with E-state index in [1.807, 2.05) is 0 Å². The summed E-state index contributed by atoms with van der Waals surface area (Å²) in [5, 5.41) is 8.65. The second-order valence-corrected chi connectivity index (χ2v) is 4.10. The molecule has 0 amide bonds. The Bertz CT molecular complexity index is 211. The third kappa shape index (κ3) is 1.67. The van der Waals surface area contributed by atoms with Gasteiger partial charge in [-0.2, -0.15) is 0 Å². The van der Waals surface area contributed by atoms with E-state index in [4.69, 9.17) is 16.7 Å². The largest absolute Gasteiger partial charge is 0.391 e. The van der Waals surface area contributed by atoms with Crippen LogP contribution in [-0.2, 0) is 6.61 Å². The van der Waals surface area contributed by atoms with Gasteiger partial charge in [-0.05, 0) is 22.0 Å². The highest BCUT2D eigenvalue weighted by atomic mass is 79.9. The van der Waals surface area contributed by atoms with Crippen molar-refractivity contribution in [3.8, 4) is 0 Å². The summed E-state index contributed by atoms with van der Waals surface area (Å²) in [7, 11) is 0. The number of hydrogen-bond acceptors (Lipinski definition) is 2. The number of thiophene rings is 1. The number of halogens is 2.